The summed E-state index contributed by atoms with van der Waals surface area (Å²) in [5.74, 6) is -0.181. The van der Waals surface area contributed by atoms with Crippen LogP contribution in [0.15, 0.2) is 59.5 Å². The molecule has 0 bridgehead atoms. The monoisotopic (exact) mass is 432 g/mol. The molecule has 0 aromatic heterocycles. The normalized spacial score (nSPS) is 16.7. The predicted molar refractivity (Wildman–Crippen MR) is 115 cm³/mol. The molecule has 1 heterocycles. The fraction of sp³-hybridized carbons (Fsp3) is 0.409. The van der Waals surface area contributed by atoms with Gasteiger partial charge in [0.25, 0.3) is 0 Å². The molecule has 1 aliphatic rings. The molecule has 2 aromatic carbocycles. The van der Waals surface area contributed by atoms with E-state index >= 15 is 0 Å². The molecule has 1 aliphatic heterocycles. The minimum Gasteiger partial charge on any atom is -0.378 e. The van der Waals surface area contributed by atoms with E-state index in [9.17, 15) is 13.2 Å². The molecule has 1 saturated heterocycles. The van der Waals surface area contributed by atoms with Gasteiger partial charge in [-0.3, -0.25) is 4.79 Å². The number of carbonyl (C=O) groups is 1. The van der Waals surface area contributed by atoms with E-state index in [1.54, 1.807) is 19.2 Å². The Morgan fingerprint density at radius 3 is 2.57 bits per heavy atom. The maximum Gasteiger partial charge on any atom is 0.243 e. The van der Waals surface area contributed by atoms with Crippen LogP contribution in [0.3, 0.4) is 0 Å². The number of rotatable bonds is 10. The first kappa shape index (κ1) is 22.4. The van der Waals surface area contributed by atoms with E-state index in [2.05, 4.69) is 5.32 Å². The lowest BCUT2D eigenvalue weighted by atomic mass is 10.2. The fourth-order valence-electron chi connectivity index (χ4n) is 3.19. The van der Waals surface area contributed by atoms with Crippen LogP contribution in [0.4, 0.5) is 5.69 Å². The SMILES string of the molecule is CN(Cc1ccccc1)S(=O)(=O)c1ccc(NC(=O)CCOCC2CCCO2)cc1. The molecule has 3 rings (SSSR count). The average molecular weight is 433 g/mol. The van der Waals surface area contributed by atoms with E-state index < -0.39 is 10.0 Å². The summed E-state index contributed by atoms with van der Waals surface area (Å²) in [6.07, 6.45) is 2.43. The number of hydrogen-bond acceptors (Lipinski definition) is 5. The van der Waals surface area contributed by atoms with Crippen molar-refractivity contribution in [1.82, 2.24) is 4.31 Å². The maximum absolute atomic E-state index is 12.8. The first-order valence-electron chi connectivity index (χ1n) is 10.0. The zero-order chi connectivity index (χ0) is 21.4. The molecule has 8 heteroatoms. The second-order valence-electron chi connectivity index (χ2n) is 7.28. The molecule has 2 aromatic rings. The summed E-state index contributed by atoms with van der Waals surface area (Å²) in [6.45, 7) is 1.90. The van der Waals surface area contributed by atoms with Gasteiger partial charge in [0, 0.05) is 25.9 Å². The molecular weight excluding hydrogens is 404 g/mol. The Morgan fingerprint density at radius 2 is 1.90 bits per heavy atom. The van der Waals surface area contributed by atoms with Crippen molar-refractivity contribution >= 4 is 21.6 Å². The quantitative estimate of drug-likeness (QED) is 0.584. The molecular formula is C22H28N2O5S. The Labute approximate surface area is 178 Å². The number of nitrogens with one attached hydrogen (secondary N) is 1. The number of sulfonamides is 1. The largest absolute Gasteiger partial charge is 0.378 e. The van der Waals surface area contributed by atoms with Gasteiger partial charge in [-0.25, -0.2) is 8.42 Å². The standard InChI is InChI=1S/C22H28N2O5S/c1-24(16-18-6-3-2-4-7-18)30(26,27)21-11-9-19(10-12-21)23-22(25)13-15-28-17-20-8-5-14-29-20/h2-4,6-7,9-12,20H,5,8,13-17H2,1H3,(H,23,25). The molecule has 0 spiro atoms. The number of benzene rings is 2. The molecule has 162 valence electrons. The van der Waals surface area contributed by atoms with Crippen molar-refractivity contribution in [1.29, 1.82) is 0 Å². The number of nitrogens with zero attached hydrogens (tertiary/aromatic N) is 1. The third kappa shape index (κ3) is 6.37. The molecule has 1 unspecified atom stereocenters. The highest BCUT2D eigenvalue weighted by molar-refractivity contribution is 7.89. The van der Waals surface area contributed by atoms with Crippen LogP contribution < -0.4 is 5.32 Å². The van der Waals surface area contributed by atoms with Crippen molar-refractivity contribution in [3.05, 3.63) is 60.2 Å². The van der Waals surface area contributed by atoms with Gasteiger partial charge in [0.05, 0.1) is 30.6 Å². The molecule has 0 aliphatic carbocycles. The lowest BCUT2D eigenvalue weighted by Gasteiger charge is -2.17. The van der Waals surface area contributed by atoms with Gasteiger partial charge in [0.15, 0.2) is 0 Å². The van der Waals surface area contributed by atoms with Crippen LogP contribution in [0, 0.1) is 0 Å². The van der Waals surface area contributed by atoms with E-state index in [4.69, 9.17) is 9.47 Å². The van der Waals surface area contributed by atoms with Crippen molar-refractivity contribution in [3.8, 4) is 0 Å². The van der Waals surface area contributed by atoms with E-state index in [0.29, 0.717) is 18.9 Å². The van der Waals surface area contributed by atoms with E-state index in [1.807, 2.05) is 30.3 Å². The van der Waals surface area contributed by atoms with Crippen LogP contribution in [-0.4, -0.2) is 51.6 Å². The van der Waals surface area contributed by atoms with Crippen molar-refractivity contribution in [2.45, 2.75) is 36.8 Å². The van der Waals surface area contributed by atoms with Crippen molar-refractivity contribution in [3.63, 3.8) is 0 Å². The first-order chi connectivity index (χ1) is 14.4. The van der Waals surface area contributed by atoms with Crippen LogP contribution >= 0.6 is 0 Å². The number of ether oxygens (including phenoxy) is 2. The smallest absolute Gasteiger partial charge is 0.243 e. The number of amides is 1. The number of hydrogen-bond donors (Lipinski definition) is 1. The van der Waals surface area contributed by atoms with E-state index in [-0.39, 0.29) is 29.9 Å². The van der Waals surface area contributed by atoms with Gasteiger partial charge >= 0.3 is 0 Å². The minimum atomic E-state index is -3.62. The summed E-state index contributed by atoms with van der Waals surface area (Å²) in [6, 6.07) is 15.6. The average Bonchev–Trinajstić information content (AvgIpc) is 3.26. The zero-order valence-corrected chi connectivity index (χ0v) is 17.9. The summed E-state index contributed by atoms with van der Waals surface area (Å²) < 4.78 is 37.8. The Morgan fingerprint density at radius 1 is 1.17 bits per heavy atom. The lowest BCUT2D eigenvalue weighted by molar-refractivity contribution is -0.117. The summed E-state index contributed by atoms with van der Waals surface area (Å²) in [5.41, 5.74) is 1.46. The van der Waals surface area contributed by atoms with Crippen LogP contribution in [-0.2, 0) is 30.8 Å². The summed E-state index contributed by atoms with van der Waals surface area (Å²) in [7, 11) is -2.07. The number of anilines is 1. The highest BCUT2D eigenvalue weighted by atomic mass is 32.2. The van der Waals surface area contributed by atoms with E-state index in [0.717, 1.165) is 25.0 Å². The van der Waals surface area contributed by atoms with Gasteiger partial charge in [0.2, 0.25) is 15.9 Å². The topological polar surface area (TPSA) is 84.9 Å². The van der Waals surface area contributed by atoms with Gasteiger partial charge in [0.1, 0.15) is 0 Å². The van der Waals surface area contributed by atoms with Crippen LogP contribution in [0.1, 0.15) is 24.8 Å². The van der Waals surface area contributed by atoms with Crippen LogP contribution in [0.5, 0.6) is 0 Å². The number of carbonyl (C=O) groups excluding carboxylic acids is 1. The summed E-state index contributed by atoms with van der Waals surface area (Å²) in [4.78, 5) is 12.2. The zero-order valence-electron chi connectivity index (χ0n) is 17.1. The fourth-order valence-corrected chi connectivity index (χ4v) is 4.35. The molecule has 1 N–H and O–H groups in total. The maximum atomic E-state index is 12.8. The second kappa shape index (κ2) is 10.7. The van der Waals surface area contributed by atoms with Gasteiger partial charge < -0.3 is 14.8 Å². The van der Waals surface area contributed by atoms with Crippen molar-refractivity contribution < 1.29 is 22.7 Å². The Balaban J connectivity index is 1.47. The Bertz CT molecular complexity index is 910. The third-order valence-corrected chi connectivity index (χ3v) is 6.71. The van der Waals surface area contributed by atoms with Crippen molar-refractivity contribution in [2.75, 3.05) is 32.2 Å². The molecule has 0 radical (unpaired) electrons. The van der Waals surface area contributed by atoms with E-state index in [1.165, 1.54) is 16.4 Å². The highest BCUT2D eigenvalue weighted by Gasteiger charge is 2.21. The van der Waals surface area contributed by atoms with Gasteiger partial charge in [-0.05, 0) is 42.7 Å². The molecule has 1 amide bonds. The third-order valence-electron chi connectivity index (χ3n) is 4.90. The second-order valence-corrected chi connectivity index (χ2v) is 9.32. The molecule has 1 atom stereocenters. The van der Waals surface area contributed by atoms with Crippen molar-refractivity contribution in [2.24, 2.45) is 0 Å². The molecule has 7 nitrogen and oxygen atoms in total. The molecule has 1 fully saturated rings. The lowest BCUT2D eigenvalue weighted by Crippen LogP contribution is -2.26. The van der Waals surface area contributed by atoms with Crippen LogP contribution in [0.2, 0.25) is 0 Å². The molecule has 0 saturated carbocycles. The Hall–Kier alpha value is -2.26. The minimum absolute atomic E-state index is 0.141. The predicted octanol–water partition coefficient (Wildman–Crippen LogP) is 3.03. The highest BCUT2D eigenvalue weighted by Crippen LogP contribution is 2.19. The van der Waals surface area contributed by atoms with Crippen LogP contribution in [0.25, 0.3) is 0 Å². The van der Waals surface area contributed by atoms with Gasteiger partial charge in [-0.1, -0.05) is 30.3 Å². The van der Waals surface area contributed by atoms with Gasteiger partial charge in [-0.2, -0.15) is 4.31 Å². The molecule has 30 heavy (non-hydrogen) atoms. The Kier molecular flexibility index (Phi) is 7.98. The summed E-state index contributed by atoms with van der Waals surface area (Å²) >= 11 is 0. The first-order valence-corrected chi connectivity index (χ1v) is 11.5. The van der Waals surface area contributed by atoms with Gasteiger partial charge in [-0.15, -0.1) is 0 Å². The summed E-state index contributed by atoms with van der Waals surface area (Å²) in [5, 5.41) is 2.76.